The Hall–Kier alpha value is -2.02. The first-order valence-electron chi connectivity index (χ1n) is 10.6. The van der Waals surface area contributed by atoms with Crippen molar-refractivity contribution in [3.05, 3.63) is 77.9 Å². The number of allylic oxidation sites excluding steroid dienone is 2. The molecule has 0 radical (unpaired) electrons. The first kappa shape index (κ1) is 21.3. The second-order valence-electron chi connectivity index (χ2n) is 7.98. The van der Waals surface area contributed by atoms with Crippen molar-refractivity contribution in [2.75, 3.05) is 0 Å². The van der Waals surface area contributed by atoms with Gasteiger partial charge in [0.15, 0.2) is 0 Å². The van der Waals surface area contributed by atoms with Gasteiger partial charge >= 0.3 is 0 Å². The molecule has 2 aromatic rings. The number of benzene rings is 2. The van der Waals surface area contributed by atoms with Gasteiger partial charge in [-0.25, -0.2) is 0 Å². The molecule has 1 heteroatoms. The fourth-order valence-electron chi connectivity index (χ4n) is 3.24. The molecule has 0 spiro atoms. The number of rotatable bonds is 12. The number of unbranched alkanes of at least 4 members (excludes halogenated alkanes) is 6. The van der Waals surface area contributed by atoms with Gasteiger partial charge in [-0.15, -0.1) is 0 Å². The lowest BCUT2D eigenvalue weighted by Gasteiger charge is -2.22. The molecule has 0 unspecified atom stereocenters. The zero-order valence-electron chi connectivity index (χ0n) is 17.4. The van der Waals surface area contributed by atoms with Gasteiger partial charge in [-0.1, -0.05) is 107 Å². The predicted molar refractivity (Wildman–Crippen MR) is 117 cm³/mol. The van der Waals surface area contributed by atoms with E-state index >= 15 is 0 Å². The summed E-state index contributed by atoms with van der Waals surface area (Å²) in [6.45, 7) is 7.44. The second-order valence-corrected chi connectivity index (χ2v) is 7.98. The maximum atomic E-state index is 5.99. The van der Waals surface area contributed by atoms with Crippen LogP contribution in [-0.4, -0.2) is 0 Å². The van der Waals surface area contributed by atoms with Crippen molar-refractivity contribution in [2.45, 2.75) is 77.7 Å². The molecule has 0 aliphatic carbocycles. The van der Waals surface area contributed by atoms with Crippen LogP contribution in [0.2, 0.25) is 0 Å². The molecule has 2 rings (SSSR count). The zero-order valence-corrected chi connectivity index (χ0v) is 17.4. The molecule has 0 atom stereocenters. The molecule has 0 heterocycles. The van der Waals surface area contributed by atoms with Crippen LogP contribution in [0.3, 0.4) is 0 Å². The van der Waals surface area contributed by atoms with E-state index in [1.54, 1.807) is 0 Å². The third-order valence-electron chi connectivity index (χ3n) is 5.09. The standard InChI is InChI=1S/C26H36O/c1-4-5-6-7-8-9-10-14-20-26(2,3)24-18-15-19-25(21-24)27-22-23-16-12-11-13-17-23/h11-21H,4-10,22H2,1-3H3. The molecule has 2 aromatic carbocycles. The molecular formula is C26H36O. The monoisotopic (exact) mass is 364 g/mol. The molecule has 0 amide bonds. The first-order chi connectivity index (χ1) is 13.1. The van der Waals surface area contributed by atoms with Crippen LogP contribution in [0.15, 0.2) is 66.7 Å². The highest BCUT2D eigenvalue weighted by Gasteiger charge is 2.17. The van der Waals surface area contributed by atoms with Crippen LogP contribution in [0.5, 0.6) is 5.75 Å². The van der Waals surface area contributed by atoms with E-state index < -0.39 is 0 Å². The summed E-state index contributed by atoms with van der Waals surface area (Å²) < 4.78 is 5.99. The first-order valence-corrected chi connectivity index (χ1v) is 10.6. The molecule has 27 heavy (non-hydrogen) atoms. The number of hydrogen-bond donors (Lipinski definition) is 0. The fraction of sp³-hybridized carbons (Fsp3) is 0.462. The third-order valence-corrected chi connectivity index (χ3v) is 5.09. The summed E-state index contributed by atoms with van der Waals surface area (Å²) in [7, 11) is 0. The minimum atomic E-state index is 0.0222. The quantitative estimate of drug-likeness (QED) is 0.275. The summed E-state index contributed by atoms with van der Waals surface area (Å²) in [5.41, 5.74) is 2.52. The van der Waals surface area contributed by atoms with Crippen LogP contribution in [0, 0.1) is 0 Å². The SMILES string of the molecule is CCCCCCCCC=CC(C)(C)c1cccc(OCc2ccccc2)c1. The molecule has 146 valence electrons. The van der Waals surface area contributed by atoms with E-state index in [0.717, 1.165) is 5.75 Å². The average molecular weight is 365 g/mol. The minimum absolute atomic E-state index is 0.0222. The average Bonchev–Trinajstić information content (AvgIpc) is 2.69. The van der Waals surface area contributed by atoms with E-state index in [-0.39, 0.29) is 5.41 Å². The topological polar surface area (TPSA) is 9.23 Å². The molecule has 0 saturated carbocycles. The Morgan fingerprint density at radius 1 is 0.852 bits per heavy atom. The highest BCUT2D eigenvalue weighted by atomic mass is 16.5. The maximum absolute atomic E-state index is 5.99. The predicted octanol–water partition coefficient (Wildman–Crippen LogP) is 7.85. The summed E-state index contributed by atoms with van der Waals surface area (Å²) in [6, 6.07) is 18.8. The summed E-state index contributed by atoms with van der Waals surface area (Å²) in [6.07, 6.45) is 14.0. The zero-order chi connectivity index (χ0) is 19.4. The van der Waals surface area contributed by atoms with Gasteiger partial charge in [0.1, 0.15) is 12.4 Å². The molecule has 0 N–H and O–H groups in total. The Bertz CT molecular complexity index is 670. The fourth-order valence-corrected chi connectivity index (χ4v) is 3.24. The normalized spacial score (nSPS) is 11.8. The highest BCUT2D eigenvalue weighted by molar-refractivity contribution is 5.36. The van der Waals surface area contributed by atoms with Gasteiger partial charge in [-0.2, -0.15) is 0 Å². The van der Waals surface area contributed by atoms with Gasteiger partial charge in [0.25, 0.3) is 0 Å². The van der Waals surface area contributed by atoms with E-state index in [9.17, 15) is 0 Å². The van der Waals surface area contributed by atoms with E-state index in [2.05, 4.69) is 63.3 Å². The van der Waals surface area contributed by atoms with Crippen molar-refractivity contribution < 1.29 is 4.74 Å². The molecule has 0 aliphatic heterocycles. The lowest BCUT2D eigenvalue weighted by Crippen LogP contribution is -2.13. The van der Waals surface area contributed by atoms with Crippen molar-refractivity contribution in [1.29, 1.82) is 0 Å². The van der Waals surface area contributed by atoms with Crippen molar-refractivity contribution in [3.63, 3.8) is 0 Å². The van der Waals surface area contributed by atoms with Crippen molar-refractivity contribution in [2.24, 2.45) is 0 Å². The summed E-state index contributed by atoms with van der Waals surface area (Å²) in [5.74, 6) is 0.939. The molecule has 0 aromatic heterocycles. The Morgan fingerprint density at radius 3 is 2.37 bits per heavy atom. The smallest absolute Gasteiger partial charge is 0.120 e. The number of ether oxygens (including phenoxy) is 1. The van der Waals surface area contributed by atoms with Crippen LogP contribution in [0.1, 0.15) is 76.8 Å². The molecule has 1 nitrogen and oxygen atoms in total. The molecule has 0 bridgehead atoms. The second kappa shape index (κ2) is 11.6. The van der Waals surface area contributed by atoms with E-state index in [0.29, 0.717) is 6.61 Å². The maximum Gasteiger partial charge on any atom is 0.120 e. The highest BCUT2D eigenvalue weighted by Crippen LogP contribution is 2.28. The van der Waals surface area contributed by atoms with Gasteiger partial charge in [-0.3, -0.25) is 0 Å². The van der Waals surface area contributed by atoms with Gasteiger partial charge in [-0.05, 0) is 36.1 Å². The Kier molecular flexibility index (Phi) is 9.18. The van der Waals surface area contributed by atoms with Crippen LogP contribution in [-0.2, 0) is 12.0 Å². The van der Waals surface area contributed by atoms with Crippen molar-refractivity contribution >= 4 is 0 Å². The molecule has 0 aliphatic rings. The van der Waals surface area contributed by atoms with Gasteiger partial charge in [0.2, 0.25) is 0 Å². The summed E-state index contributed by atoms with van der Waals surface area (Å²) >= 11 is 0. The van der Waals surface area contributed by atoms with Crippen LogP contribution in [0.25, 0.3) is 0 Å². The summed E-state index contributed by atoms with van der Waals surface area (Å²) in [4.78, 5) is 0. The van der Waals surface area contributed by atoms with Crippen molar-refractivity contribution in [1.82, 2.24) is 0 Å². The van der Waals surface area contributed by atoms with E-state index in [1.807, 2.05) is 24.3 Å². The summed E-state index contributed by atoms with van der Waals surface area (Å²) in [5, 5.41) is 0. The van der Waals surface area contributed by atoms with Gasteiger partial charge in [0, 0.05) is 5.41 Å². The van der Waals surface area contributed by atoms with Crippen LogP contribution < -0.4 is 4.74 Å². The Morgan fingerprint density at radius 2 is 1.59 bits per heavy atom. The Labute approximate surface area is 166 Å². The minimum Gasteiger partial charge on any atom is -0.489 e. The lowest BCUT2D eigenvalue weighted by molar-refractivity contribution is 0.305. The van der Waals surface area contributed by atoms with E-state index in [1.165, 1.54) is 56.1 Å². The Balaban J connectivity index is 1.83. The van der Waals surface area contributed by atoms with E-state index in [4.69, 9.17) is 4.74 Å². The number of hydrogen-bond acceptors (Lipinski definition) is 1. The largest absolute Gasteiger partial charge is 0.489 e. The molecule has 0 fully saturated rings. The van der Waals surface area contributed by atoms with Gasteiger partial charge < -0.3 is 4.74 Å². The van der Waals surface area contributed by atoms with Crippen molar-refractivity contribution in [3.8, 4) is 5.75 Å². The van der Waals surface area contributed by atoms with Crippen LogP contribution >= 0.6 is 0 Å². The third kappa shape index (κ3) is 8.03. The van der Waals surface area contributed by atoms with Gasteiger partial charge in [0.05, 0.1) is 0 Å². The van der Waals surface area contributed by atoms with Crippen LogP contribution in [0.4, 0.5) is 0 Å². The lowest BCUT2D eigenvalue weighted by atomic mass is 9.84. The molecular weight excluding hydrogens is 328 g/mol. The molecule has 0 saturated heterocycles.